The molecular weight excluding hydrogens is 228 g/mol. The zero-order valence-electron chi connectivity index (χ0n) is 8.76. The second-order valence-corrected chi connectivity index (χ2v) is 2.67. The van der Waals surface area contributed by atoms with Crippen molar-refractivity contribution in [2.45, 2.75) is 0 Å². The third-order valence-corrected chi connectivity index (χ3v) is 1.44. The molecule has 0 saturated heterocycles. The quantitative estimate of drug-likeness (QED) is 0.343. The average molecular weight is 238 g/mol. The summed E-state index contributed by atoms with van der Waals surface area (Å²) in [5.41, 5.74) is 0.137. The van der Waals surface area contributed by atoms with Gasteiger partial charge in [0.25, 0.3) is 5.69 Å². The molecule has 0 aromatic heterocycles. The predicted octanol–water partition coefficient (Wildman–Crippen LogP) is 1.61. The summed E-state index contributed by atoms with van der Waals surface area (Å²) in [7, 11) is 0. The molecule has 0 aliphatic carbocycles. The summed E-state index contributed by atoms with van der Waals surface area (Å²) in [6.07, 6.45) is 2.79. The lowest BCUT2D eigenvalue weighted by atomic mass is 10.3. The van der Waals surface area contributed by atoms with Gasteiger partial charge in [-0.15, -0.1) is 0 Å². The first-order valence-corrected chi connectivity index (χ1v) is 4.49. The summed E-state index contributed by atoms with van der Waals surface area (Å²) in [6.45, 7) is -0.279. The van der Waals surface area contributed by atoms with Crippen molar-refractivity contribution in [3.8, 4) is 0 Å². The Labute approximate surface area is 96.7 Å². The number of nitro groups is 2. The van der Waals surface area contributed by atoms with Gasteiger partial charge in [0.1, 0.15) is 6.29 Å². The van der Waals surface area contributed by atoms with Crippen molar-refractivity contribution in [1.82, 2.24) is 0 Å². The highest BCUT2D eigenvalue weighted by Gasteiger charge is 1.98. The van der Waals surface area contributed by atoms with Crippen LogP contribution in [0.1, 0.15) is 0 Å². The van der Waals surface area contributed by atoms with Crippen molar-refractivity contribution >= 4 is 12.0 Å². The Bertz CT molecular complexity index is 402. The Hall–Kier alpha value is -2.57. The third kappa shape index (κ3) is 8.43. The van der Waals surface area contributed by atoms with Crippen LogP contribution in [0.15, 0.2) is 42.5 Å². The third-order valence-electron chi connectivity index (χ3n) is 1.44. The number of para-hydroxylation sites is 1. The summed E-state index contributed by atoms with van der Waals surface area (Å²) in [4.78, 5) is 28.1. The van der Waals surface area contributed by atoms with Gasteiger partial charge in [-0.2, -0.15) is 0 Å². The van der Waals surface area contributed by atoms with Crippen LogP contribution in [0.4, 0.5) is 5.69 Å². The van der Waals surface area contributed by atoms with E-state index in [0.29, 0.717) is 6.29 Å². The SMILES string of the molecule is O=C/C=C/C[N+](=O)[O-].O=[N+]([O-])c1ccccc1. The summed E-state index contributed by atoms with van der Waals surface area (Å²) in [5.74, 6) is 0. The van der Waals surface area contributed by atoms with Gasteiger partial charge in [0.2, 0.25) is 6.54 Å². The zero-order chi connectivity index (χ0) is 13.1. The topological polar surface area (TPSA) is 103 Å². The molecule has 0 aliphatic rings. The van der Waals surface area contributed by atoms with E-state index in [2.05, 4.69) is 0 Å². The number of nitrogens with zero attached hydrogens (tertiary/aromatic N) is 2. The summed E-state index contributed by atoms with van der Waals surface area (Å²) >= 11 is 0. The van der Waals surface area contributed by atoms with Crippen LogP contribution in [0, 0.1) is 20.2 Å². The minimum Gasteiger partial charge on any atom is -0.299 e. The molecule has 0 fully saturated rings. The van der Waals surface area contributed by atoms with Gasteiger partial charge < -0.3 is 0 Å². The van der Waals surface area contributed by atoms with Gasteiger partial charge in [-0.1, -0.05) is 18.2 Å². The molecule has 7 nitrogen and oxygen atoms in total. The Morgan fingerprint density at radius 3 is 2.06 bits per heavy atom. The molecule has 7 heteroatoms. The summed E-state index contributed by atoms with van der Waals surface area (Å²) in [5, 5.41) is 19.5. The molecule has 0 unspecified atom stereocenters. The van der Waals surface area contributed by atoms with Crippen molar-refractivity contribution in [2.24, 2.45) is 0 Å². The second-order valence-electron chi connectivity index (χ2n) is 2.67. The fourth-order valence-electron chi connectivity index (χ4n) is 0.752. The van der Waals surface area contributed by atoms with Crippen LogP contribution in [0.2, 0.25) is 0 Å². The number of benzene rings is 1. The predicted molar refractivity (Wildman–Crippen MR) is 60.2 cm³/mol. The molecule has 0 atom stereocenters. The number of carbonyl (C=O) groups excluding carboxylic acids is 1. The average Bonchev–Trinajstić information content (AvgIpc) is 2.31. The lowest BCUT2D eigenvalue weighted by Crippen LogP contribution is -1.95. The Balaban J connectivity index is 0.000000304. The van der Waals surface area contributed by atoms with E-state index in [0.717, 1.165) is 6.08 Å². The molecule has 0 saturated carbocycles. The summed E-state index contributed by atoms with van der Waals surface area (Å²) < 4.78 is 0. The van der Waals surface area contributed by atoms with Crippen molar-refractivity contribution in [3.05, 3.63) is 62.7 Å². The maximum atomic E-state index is 10.0. The standard InChI is InChI=1S/C6H5NO2.C4H5NO3/c8-7(9)6-4-2-1-3-5-6;6-4-2-1-3-5(7)8/h1-5H;1-2,4H,3H2/b;2-1+. The van der Waals surface area contributed by atoms with Crippen LogP contribution >= 0.6 is 0 Å². The maximum Gasteiger partial charge on any atom is 0.269 e. The highest BCUT2D eigenvalue weighted by Crippen LogP contribution is 2.06. The zero-order valence-corrected chi connectivity index (χ0v) is 8.76. The molecule has 0 bridgehead atoms. The normalized spacial score (nSPS) is 9.18. The molecule has 17 heavy (non-hydrogen) atoms. The number of nitro benzene ring substituents is 1. The molecule has 1 aromatic rings. The van der Waals surface area contributed by atoms with Gasteiger partial charge in [-0.25, -0.2) is 0 Å². The van der Waals surface area contributed by atoms with Crippen molar-refractivity contribution in [2.75, 3.05) is 6.54 Å². The number of rotatable bonds is 4. The van der Waals surface area contributed by atoms with Crippen LogP contribution in [0.3, 0.4) is 0 Å². The number of allylic oxidation sites excluding steroid dienone is 1. The van der Waals surface area contributed by atoms with E-state index in [4.69, 9.17) is 0 Å². The fraction of sp³-hybridized carbons (Fsp3) is 0.100. The monoisotopic (exact) mass is 238 g/mol. The Kier molecular flexibility index (Phi) is 7.40. The number of aldehydes is 1. The second kappa shape index (κ2) is 8.72. The number of non-ortho nitro benzene ring substituents is 1. The minimum atomic E-state index is -0.514. The minimum absolute atomic E-state index is 0.137. The van der Waals surface area contributed by atoms with Crippen molar-refractivity contribution < 1.29 is 14.6 Å². The molecule has 0 radical (unpaired) electrons. The molecule has 0 spiro atoms. The molecule has 90 valence electrons. The summed E-state index contributed by atoms with van der Waals surface area (Å²) in [6, 6.07) is 7.93. The highest BCUT2D eigenvalue weighted by atomic mass is 16.6. The van der Waals surface area contributed by atoms with E-state index < -0.39 is 9.85 Å². The van der Waals surface area contributed by atoms with Gasteiger partial charge in [0, 0.05) is 17.1 Å². The van der Waals surface area contributed by atoms with E-state index in [1.54, 1.807) is 18.2 Å². The van der Waals surface area contributed by atoms with E-state index in [9.17, 15) is 25.0 Å². The molecule has 1 aromatic carbocycles. The van der Waals surface area contributed by atoms with E-state index in [1.807, 2.05) is 0 Å². The first-order chi connectivity index (χ1) is 8.07. The number of hydrogen-bond donors (Lipinski definition) is 0. The van der Waals surface area contributed by atoms with Gasteiger partial charge in [-0.05, 0) is 12.2 Å². The first kappa shape index (κ1) is 14.4. The van der Waals surface area contributed by atoms with Gasteiger partial charge in [0.05, 0.1) is 4.92 Å². The molecule has 1 rings (SSSR count). The fourth-order valence-corrected chi connectivity index (χ4v) is 0.752. The van der Waals surface area contributed by atoms with Gasteiger partial charge in [0.15, 0.2) is 0 Å². The molecule has 0 aliphatic heterocycles. The van der Waals surface area contributed by atoms with E-state index >= 15 is 0 Å². The molecule has 0 heterocycles. The van der Waals surface area contributed by atoms with Crippen LogP contribution in [-0.2, 0) is 4.79 Å². The highest BCUT2D eigenvalue weighted by molar-refractivity contribution is 5.64. The largest absolute Gasteiger partial charge is 0.299 e. The van der Waals surface area contributed by atoms with Crippen LogP contribution < -0.4 is 0 Å². The molecule has 0 amide bonds. The number of carbonyl (C=O) groups is 1. The van der Waals surface area contributed by atoms with E-state index in [-0.39, 0.29) is 12.2 Å². The van der Waals surface area contributed by atoms with Crippen LogP contribution in [-0.4, -0.2) is 22.7 Å². The van der Waals surface area contributed by atoms with Gasteiger partial charge >= 0.3 is 0 Å². The van der Waals surface area contributed by atoms with Gasteiger partial charge in [-0.3, -0.25) is 25.0 Å². The maximum absolute atomic E-state index is 10.0. The number of hydrogen-bond acceptors (Lipinski definition) is 5. The molecule has 0 N–H and O–H groups in total. The van der Waals surface area contributed by atoms with Crippen molar-refractivity contribution in [3.63, 3.8) is 0 Å². The van der Waals surface area contributed by atoms with Crippen LogP contribution in [0.5, 0.6) is 0 Å². The lowest BCUT2D eigenvalue weighted by molar-refractivity contribution is -0.468. The van der Waals surface area contributed by atoms with Crippen molar-refractivity contribution in [1.29, 1.82) is 0 Å². The smallest absolute Gasteiger partial charge is 0.269 e. The Morgan fingerprint density at radius 2 is 1.71 bits per heavy atom. The van der Waals surface area contributed by atoms with E-state index in [1.165, 1.54) is 18.2 Å². The lowest BCUT2D eigenvalue weighted by Gasteiger charge is -1.85. The Morgan fingerprint density at radius 1 is 1.12 bits per heavy atom. The van der Waals surface area contributed by atoms with Crippen LogP contribution in [0.25, 0.3) is 0 Å². The molecular formula is C10H10N2O5. The first-order valence-electron chi connectivity index (χ1n) is 4.49.